The van der Waals surface area contributed by atoms with Crippen molar-refractivity contribution in [2.24, 2.45) is 0 Å². The van der Waals surface area contributed by atoms with Crippen LogP contribution in [0.15, 0.2) is 54.6 Å². The third kappa shape index (κ3) is 5.00. The molecule has 1 aliphatic rings. The highest BCUT2D eigenvalue weighted by Gasteiger charge is 2.30. The number of amides is 1. The molecule has 1 heterocycles. The molecule has 28 heavy (non-hydrogen) atoms. The van der Waals surface area contributed by atoms with Crippen molar-refractivity contribution in [1.29, 1.82) is 0 Å². The molecular formula is C21H18F3NO3. The molecule has 0 N–H and O–H groups in total. The number of hydrogen-bond donors (Lipinski definition) is 0. The van der Waals surface area contributed by atoms with Crippen LogP contribution >= 0.6 is 0 Å². The Balaban J connectivity index is 1.52. The Labute approximate surface area is 160 Å². The smallest absolute Gasteiger partial charge is 0.416 e. The molecule has 0 fully saturated rings. The molecular weight excluding hydrogens is 371 g/mol. The van der Waals surface area contributed by atoms with Crippen molar-refractivity contribution in [2.75, 3.05) is 13.2 Å². The van der Waals surface area contributed by atoms with E-state index < -0.39 is 24.3 Å². The van der Waals surface area contributed by atoms with E-state index in [1.165, 1.54) is 23.8 Å². The summed E-state index contributed by atoms with van der Waals surface area (Å²) in [7, 11) is 0. The Kier molecular flexibility index (Phi) is 5.82. The van der Waals surface area contributed by atoms with Crippen LogP contribution in [-0.2, 0) is 33.5 Å². The molecule has 7 heteroatoms. The van der Waals surface area contributed by atoms with Crippen molar-refractivity contribution in [1.82, 2.24) is 4.90 Å². The summed E-state index contributed by atoms with van der Waals surface area (Å²) >= 11 is 0. The summed E-state index contributed by atoms with van der Waals surface area (Å²) in [6, 6.07) is 12.4. The summed E-state index contributed by atoms with van der Waals surface area (Å²) in [5, 5.41) is 0. The second-order valence-corrected chi connectivity index (χ2v) is 6.40. The molecule has 4 nitrogen and oxygen atoms in total. The maximum Gasteiger partial charge on any atom is 0.416 e. The molecule has 0 radical (unpaired) electrons. The van der Waals surface area contributed by atoms with Gasteiger partial charge in [-0.1, -0.05) is 36.4 Å². The topological polar surface area (TPSA) is 46.6 Å². The number of carbonyl (C=O) groups is 2. The van der Waals surface area contributed by atoms with Gasteiger partial charge in [-0.3, -0.25) is 4.79 Å². The van der Waals surface area contributed by atoms with Gasteiger partial charge in [0.2, 0.25) is 0 Å². The highest BCUT2D eigenvalue weighted by Crippen LogP contribution is 2.29. The summed E-state index contributed by atoms with van der Waals surface area (Å²) in [5.74, 6) is -1.10. The zero-order chi connectivity index (χ0) is 20.1. The van der Waals surface area contributed by atoms with Gasteiger partial charge in [0.1, 0.15) is 0 Å². The first-order valence-corrected chi connectivity index (χ1v) is 8.69. The van der Waals surface area contributed by atoms with Gasteiger partial charge in [-0.25, -0.2) is 4.79 Å². The summed E-state index contributed by atoms with van der Waals surface area (Å²) < 4.78 is 43.0. The van der Waals surface area contributed by atoms with E-state index in [1.54, 1.807) is 4.90 Å². The Hall–Kier alpha value is -3.09. The Bertz CT molecular complexity index is 906. The predicted molar refractivity (Wildman–Crippen MR) is 97.0 cm³/mol. The van der Waals surface area contributed by atoms with Crippen molar-refractivity contribution < 1.29 is 27.5 Å². The zero-order valence-corrected chi connectivity index (χ0v) is 14.9. The number of ether oxygens (including phenoxy) is 1. The van der Waals surface area contributed by atoms with Gasteiger partial charge in [-0.05, 0) is 41.3 Å². The Morgan fingerprint density at radius 1 is 1.07 bits per heavy atom. The lowest BCUT2D eigenvalue weighted by molar-refractivity contribution is -0.148. The van der Waals surface area contributed by atoms with E-state index in [9.17, 15) is 22.8 Å². The molecule has 3 rings (SSSR count). The molecule has 0 saturated carbocycles. The standard InChI is InChI=1S/C21H18F3NO3/c22-21(23,24)18-7-3-4-15(12-18)8-9-20(27)28-14-19(26)25-11-10-16-5-1-2-6-17(16)13-25/h1-9,12H,10-11,13-14H2/b9-8+. The highest BCUT2D eigenvalue weighted by atomic mass is 19.4. The van der Waals surface area contributed by atoms with E-state index in [2.05, 4.69) is 0 Å². The van der Waals surface area contributed by atoms with E-state index in [0.717, 1.165) is 30.2 Å². The average molecular weight is 389 g/mol. The van der Waals surface area contributed by atoms with Crippen molar-refractivity contribution in [2.45, 2.75) is 19.1 Å². The maximum absolute atomic E-state index is 12.7. The quantitative estimate of drug-likeness (QED) is 0.590. The molecule has 0 bridgehead atoms. The Morgan fingerprint density at radius 3 is 2.57 bits per heavy atom. The maximum atomic E-state index is 12.7. The van der Waals surface area contributed by atoms with Crippen LogP contribution in [-0.4, -0.2) is 29.9 Å². The lowest BCUT2D eigenvalue weighted by Crippen LogP contribution is -2.38. The number of nitrogens with zero attached hydrogens (tertiary/aromatic N) is 1. The minimum atomic E-state index is -4.45. The van der Waals surface area contributed by atoms with Gasteiger partial charge in [0.15, 0.2) is 6.61 Å². The van der Waals surface area contributed by atoms with E-state index in [-0.39, 0.29) is 11.5 Å². The second-order valence-electron chi connectivity index (χ2n) is 6.40. The van der Waals surface area contributed by atoms with Gasteiger partial charge in [-0.2, -0.15) is 13.2 Å². The summed E-state index contributed by atoms with van der Waals surface area (Å²) in [6.07, 6.45) is -1.48. The molecule has 2 aromatic carbocycles. The predicted octanol–water partition coefficient (Wildman–Crippen LogP) is 3.85. The van der Waals surface area contributed by atoms with Gasteiger partial charge in [0.05, 0.1) is 5.56 Å². The van der Waals surface area contributed by atoms with Crippen LogP contribution < -0.4 is 0 Å². The lowest BCUT2D eigenvalue weighted by atomic mass is 10.00. The number of fused-ring (bicyclic) bond motifs is 1. The summed E-state index contributed by atoms with van der Waals surface area (Å²) in [6.45, 7) is 0.605. The zero-order valence-electron chi connectivity index (χ0n) is 14.9. The minimum Gasteiger partial charge on any atom is -0.452 e. The van der Waals surface area contributed by atoms with E-state index in [0.29, 0.717) is 13.1 Å². The molecule has 0 aliphatic carbocycles. The SMILES string of the molecule is O=C(/C=C/c1cccc(C(F)(F)F)c1)OCC(=O)N1CCc2ccccc2C1. The van der Waals surface area contributed by atoms with Gasteiger partial charge in [0, 0.05) is 19.2 Å². The van der Waals surface area contributed by atoms with Gasteiger partial charge < -0.3 is 9.64 Å². The van der Waals surface area contributed by atoms with Crippen molar-refractivity contribution in [3.05, 3.63) is 76.9 Å². The first-order valence-electron chi connectivity index (χ1n) is 8.69. The third-order valence-corrected chi connectivity index (χ3v) is 4.45. The van der Waals surface area contributed by atoms with Crippen LogP contribution in [0.2, 0.25) is 0 Å². The first-order chi connectivity index (χ1) is 13.3. The first kappa shape index (κ1) is 19.7. The number of carbonyl (C=O) groups excluding carboxylic acids is 2. The number of hydrogen-bond acceptors (Lipinski definition) is 3. The molecule has 0 atom stereocenters. The van der Waals surface area contributed by atoms with Crippen molar-refractivity contribution >= 4 is 18.0 Å². The molecule has 1 amide bonds. The molecule has 146 valence electrons. The van der Waals surface area contributed by atoms with Gasteiger partial charge in [0.25, 0.3) is 5.91 Å². The highest BCUT2D eigenvalue weighted by molar-refractivity contribution is 5.89. The number of esters is 1. The molecule has 0 unspecified atom stereocenters. The molecule has 0 spiro atoms. The van der Waals surface area contributed by atoms with Crippen LogP contribution in [0.4, 0.5) is 13.2 Å². The fourth-order valence-electron chi connectivity index (χ4n) is 2.96. The van der Waals surface area contributed by atoms with Crippen LogP contribution in [0.3, 0.4) is 0 Å². The van der Waals surface area contributed by atoms with Crippen LogP contribution in [0.5, 0.6) is 0 Å². The van der Waals surface area contributed by atoms with Crippen LogP contribution in [0, 0.1) is 0 Å². The number of alkyl halides is 3. The fourth-order valence-corrected chi connectivity index (χ4v) is 2.96. The van der Waals surface area contributed by atoms with E-state index in [1.807, 2.05) is 24.3 Å². The molecule has 2 aromatic rings. The van der Waals surface area contributed by atoms with Crippen molar-refractivity contribution in [3.8, 4) is 0 Å². The minimum absolute atomic E-state index is 0.214. The molecule has 0 aromatic heterocycles. The lowest BCUT2D eigenvalue weighted by Gasteiger charge is -2.28. The monoisotopic (exact) mass is 389 g/mol. The average Bonchev–Trinajstić information content (AvgIpc) is 2.69. The van der Waals surface area contributed by atoms with E-state index in [4.69, 9.17) is 4.74 Å². The summed E-state index contributed by atoms with van der Waals surface area (Å²) in [5.41, 5.74) is 1.68. The third-order valence-electron chi connectivity index (χ3n) is 4.45. The number of halogens is 3. The van der Waals surface area contributed by atoms with Crippen LogP contribution in [0.1, 0.15) is 22.3 Å². The van der Waals surface area contributed by atoms with E-state index >= 15 is 0 Å². The van der Waals surface area contributed by atoms with Crippen LogP contribution in [0.25, 0.3) is 6.08 Å². The normalized spacial score (nSPS) is 14.0. The Morgan fingerprint density at radius 2 is 1.82 bits per heavy atom. The largest absolute Gasteiger partial charge is 0.452 e. The summed E-state index contributed by atoms with van der Waals surface area (Å²) in [4.78, 5) is 25.6. The van der Waals surface area contributed by atoms with Crippen molar-refractivity contribution in [3.63, 3.8) is 0 Å². The second kappa shape index (κ2) is 8.29. The number of benzene rings is 2. The number of rotatable bonds is 4. The molecule has 1 aliphatic heterocycles. The van der Waals surface area contributed by atoms with Gasteiger partial charge in [-0.15, -0.1) is 0 Å². The molecule has 0 saturated heterocycles. The van der Waals surface area contributed by atoms with Gasteiger partial charge >= 0.3 is 12.1 Å². The fraction of sp³-hybridized carbons (Fsp3) is 0.238.